The molecule has 0 saturated carbocycles. The quantitative estimate of drug-likeness (QED) is 0.926. The largest absolute Gasteiger partial charge is 0.394 e. The molecule has 1 aromatic rings. The van der Waals surface area contributed by atoms with Crippen molar-refractivity contribution in [3.8, 4) is 0 Å². The van der Waals surface area contributed by atoms with Crippen LogP contribution in [-0.4, -0.2) is 39.7 Å². The molecule has 18 heavy (non-hydrogen) atoms. The minimum absolute atomic E-state index is 0.0127. The third-order valence-corrected chi connectivity index (χ3v) is 3.83. The number of aryl methyl sites for hydroxylation is 1. The second-order valence-electron chi connectivity index (χ2n) is 4.71. The van der Waals surface area contributed by atoms with Gasteiger partial charge < -0.3 is 14.6 Å². The fourth-order valence-corrected chi connectivity index (χ4v) is 2.98. The van der Waals surface area contributed by atoms with E-state index in [1.807, 2.05) is 16.8 Å². The Morgan fingerprint density at radius 3 is 3.06 bits per heavy atom. The van der Waals surface area contributed by atoms with Gasteiger partial charge in [0.2, 0.25) is 0 Å². The van der Waals surface area contributed by atoms with E-state index in [2.05, 4.69) is 22.9 Å². The maximum absolute atomic E-state index is 12.5. The number of aromatic nitrogens is 1. The van der Waals surface area contributed by atoms with Gasteiger partial charge in [0.15, 0.2) is 0 Å². The van der Waals surface area contributed by atoms with Gasteiger partial charge >= 0.3 is 0 Å². The van der Waals surface area contributed by atoms with Crippen molar-refractivity contribution >= 4 is 21.8 Å². The highest BCUT2D eigenvalue weighted by Crippen LogP contribution is 2.22. The van der Waals surface area contributed by atoms with Crippen LogP contribution in [0.3, 0.4) is 0 Å². The summed E-state index contributed by atoms with van der Waals surface area (Å²) in [5, 5.41) is 9.30. The molecule has 2 heterocycles. The number of likely N-dealkylation sites (tertiary alicyclic amines) is 1. The maximum Gasteiger partial charge on any atom is 0.270 e. The number of aliphatic hydroxyl groups excluding tert-OH is 1. The van der Waals surface area contributed by atoms with Crippen molar-refractivity contribution in [1.82, 2.24) is 9.47 Å². The van der Waals surface area contributed by atoms with Gasteiger partial charge in [0, 0.05) is 23.8 Å². The highest BCUT2D eigenvalue weighted by atomic mass is 79.9. The summed E-state index contributed by atoms with van der Waals surface area (Å²) >= 11 is 3.42. The zero-order valence-electron chi connectivity index (χ0n) is 10.6. The summed E-state index contributed by atoms with van der Waals surface area (Å²) < 4.78 is 2.91. The second kappa shape index (κ2) is 5.89. The van der Waals surface area contributed by atoms with Crippen molar-refractivity contribution in [3.05, 3.63) is 22.4 Å². The lowest BCUT2D eigenvalue weighted by molar-refractivity contribution is 0.0666. The Balaban J connectivity index is 2.22. The Morgan fingerprint density at radius 2 is 2.39 bits per heavy atom. The Morgan fingerprint density at radius 1 is 1.61 bits per heavy atom. The summed E-state index contributed by atoms with van der Waals surface area (Å²) in [6.45, 7) is 3.74. The van der Waals surface area contributed by atoms with Gasteiger partial charge in [-0.3, -0.25) is 4.79 Å². The Kier molecular flexibility index (Phi) is 4.45. The van der Waals surface area contributed by atoms with E-state index < -0.39 is 0 Å². The fraction of sp³-hybridized carbons (Fsp3) is 0.615. The van der Waals surface area contributed by atoms with Gasteiger partial charge in [0.25, 0.3) is 5.91 Å². The molecule has 1 aliphatic heterocycles. The van der Waals surface area contributed by atoms with Crippen LogP contribution in [0.5, 0.6) is 0 Å². The van der Waals surface area contributed by atoms with Crippen LogP contribution >= 0.6 is 15.9 Å². The Bertz CT molecular complexity index is 431. The van der Waals surface area contributed by atoms with Crippen molar-refractivity contribution in [2.75, 3.05) is 13.2 Å². The van der Waals surface area contributed by atoms with Crippen LogP contribution in [-0.2, 0) is 6.54 Å². The van der Waals surface area contributed by atoms with Gasteiger partial charge in [-0.25, -0.2) is 0 Å². The van der Waals surface area contributed by atoms with Crippen LogP contribution in [0.15, 0.2) is 16.7 Å². The first kappa shape index (κ1) is 13.6. The second-order valence-corrected chi connectivity index (χ2v) is 5.63. The van der Waals surface area contributed by atoms with Crippen LogP contribution < -0.4 is 0 Å². The standard InChI is InChI=1S/C13H19BrN2O2/c1-2-5-15-8-10(14)7-12(15)13(18)16-6-3-4-11(16)9-17/h7-8,11,17H,2-6,9H2,1H3/t11-/m1/s1. The zero-order valence-corrected chi connectivity index (χ0v) is 12.2. The molecule has 1 atom stereocenters. The van der Waals surface area contributed by atoms with Crippen molar-refractivity contribution in [1.29, 1.82) is 0 Å². The molecule has 1 N–H and O–H groups in total. The van der Waals surface area contributed by atoms with Crippen molar-refractivity contribution in [2.24, 2.45) is 0 Å². The third kappa shape index (κ3) is 2.62. The predicted molar refractivity (Wildman–Crippen MR) is 73.6 cm³/mol. The van der Waals surface area contributed by atoms with Gasteiger partial charge in [-0.05, 0) is 41.3 Å². The number of nitrogens with zero attached hydrogens (tertiary/aromatic N) is 2. The van der Waals surface area contributed by atoms with Crippen LogP contribution in [0.4, 0.5) is 0 Å². The van der Waals surface area contributed by atoms with Crippen molar-refractivity contribution in [3.63, 3.8) is 0 Å². The van der Waals surface area contributed by atoms with Crippen LogP contribution in [0, 0.1) is 0 Å². The molecular formula is C13H19BrN2O2. The average molecular weight is 315 g/mol. The lowest BCUT2D eigenvalue weighted by Gasteiger charge is -2.23. The van der Waals surface area contributed by atoms with Gasteiger partial charge in [-0.2, -0.15) is 0 Å². The summed E-state index contributed by atoms with van der Waals surface area (Å²) in [6.07, 6.45) is 4.82. The van der Waals surface area contributed by atoms with E-state index >= 15 is 0 Å². The molecule has 1 amide bonds. The van der Waals surface area contributed by atoms with E-state index in [9.17, 15) is 9.90 Å². The normalized spacial score (nSPS) is 19.5. The first-order chi connectivity index (χ1) is 8.67. The number of halogens is 1. The molecule has 1 aromatic heterocycles. The number of amides is 1. The number of carbonyl (C=O) groups excluding carboxylic acids is 1. The van der Waals surface area contributed by atoms with E-state index in [4.69, 9.17) is 0 Å². The summed E-state index contributed by atoms with van der Waals surface area (Å²) in [4.78, 5) is 14.3. The summed E-state index contributed by atoms with van der Waals surface area (Å²) in [7, 11) is 0. The first-order valence-electron chi connectivity index (χ1n) is 6.45. The molecule has 2 rings (SSSR count). The highest BCUT2D eigenvalue weighted by molar-refractivity contribution is 9.10. The average Bonchev–Trinajstić information content (AvgIpc) is 2.95. The molecule has 1 saturated heterocycles. The van der Waals surface area contributed by atoms with Crippen LogP contribution in [0.25, 0.3) is 0 Å². The van der Waals surface area contributed by atoms with Gasteiger partial charge in [0.05, 0.1) is 12.6 Å². The molecule has 0 radical (unpaired) electrons. The third-order valence-electron chi connectivity index (χ3n) is 3.40. The Hall–Kier alpha value is -0.810. The smallest absolute Gasteiger partial charge is 0.270 e. The van der Waals surface area contributed by atoms with Gasteiger partial charge in [-0.1, -0.05) is 6.92 Å². The molecule has 0 aromatic carbocycles. The zero-order chi connectivity index (χ0) is 13.1. The molecule has 0 unspecified atom stereocenters. The molecule has 0 aliphatic carbocycles. The highest BCUT2D eigenvalue weighted by Gasteiger charge is 2.30. The summed E-state index contributed by atoms with van der Waals surface area (Å²) in [5.41, 5.74) is 0.712. The van der Waals surface area contributed by atoms with Crippen LogP contribution in [0.1, 0.15) is 36.7 Å². The molecule has 4 nitrogen and oxygen atoms in total. The van der Waals surface area contributed by atoms with Gasteiger partial charge in [-0.15, -0.1) is 0 Å². The number of aliphatic hydroxyl groups is 1. The molecule has 0 spiro atoms. The van der Waals surface area contributed by atoms with E-state index in [1.54, 1.807) is 4.90 Å². The minimum atomic E-state index is -0.0127. The number of hydrogen-bond acceptors (Lipinski definition) is 2. The Labute approximate surface area is 116 Å². The SMILES string of the molecule is CCCn1cc(Br)cc1C(=O)N1CCC[C@@H]1CO. The topological polar surface area (TPSA) is 45.5 Å². The maximum atomic E-state index is 12.5. The van der Waals surface area contributed by atoms with Gasteiger partial charge in [0.1, 0.15) is 5.69 Å². The summed E-state index contributed by atoms with van der Waals surface area (Å²) in [5.74, 6) is 0.0331. The van der Waals surface area contributed by atoms with E-state index in [0.717, 1.165) is 36.8 Å². The van der Waals surface area contributed by atoms with Crippen LogP contribution in [0.2, 0.25) is 0 Å². The predicted octanol–water partition coefficient (Wildman–Crippen LogP) is 2.26. The molecular weight excluding hydrogens is 296 g/mol. The lowest BCUT2D eigenvalue weighted by atomic mass is 10.2. The molecule has 5 heteroatoms. The monoisotopic (exact) mass is 314 g/mol. The molecule has 100 valence electrons. The molecule has 1 fully saturated rings. The molecule has 1 aliphatic rings. The first-order valence-corrected chi connectivity index (χ1v) is 7.24. The van der Waals surface area contributed by atoms with Crippen molar-refractivity contribution < 1.29 is 9.90 Å². The number of carbonyl (C=O) groups is 1. The molecule has 0 bridgehead atoms. The number of rotatable bonds is 4. The summed E-state index contributed by atoms with van der Waals surface area (Å²) in [6, 6.07) is 1.85. The van der Waals surface area contributed by atoms with E-state index in [1.165, 1.54) is 0 Å². The van der Waals surface area contributed by atoms with Crippen molar-refractivity contribution in [2.45, 2.75) is 38.8 Å². The fourth-order valence-electron chi connectivity index (χ4n) is 2.52. The number of hydrogen-bond donors (Lipinski definition) is 1. The lowest BCUT2D eigenvalue weighted by Crippen LogP contribution is -2.38. The van der Waals surface area contributed by atoms with E-state index in [-0.39, 0.29) is 18.6 Å². The minimum Gasteiger partial charge on any atom is -0.394 e. The van der Waals surface area contributed by atoms with E-state index in [0.29, 0.717) is 5.69 Å².